The Morgan fingerprint density at radius 1 is 1.15 bits per heavy atom. The van der Waals surface area contributed by atoms with Gasteiger partial charge in [0.2, 0.25) is 0 Å². The summed E-state index contributed by atoms with van der Waals surface area (Å²) in [6.45, 7) is 11.8. The van der Waals surface area contributed by atoms with Gasteiger partial charge in [-0.25, -0.2) is 4.68 Å². The van der Waals surface area contributed by atoms with Crippen molar-refractivity contribution in [3.05, 3.63) is 47.8 Å². The molecule has 108 valence electrons. The third-order valence-electron chi connectivity index (χ3n) is 3.29. The Morgan fingerprint density at radius 3 is 2.50 bits per heavy atom. The van der Waals surface area contributed by atoms with Crippen molar-refractivity contribution in [2.24, 2.45) is 0 Å². The summed E-state index contributed by atoms with van der Waals surface area (Å²) >= 11 is 0. The van der Waals surface area contributed by atoms with Crippen LogP contribution >= 0.6 is 0 Å². The molecule has 0 aliphatic heterocycles. The second-order valence-corrected chi connectivity index (χ2v) is 6.55. The quantitative estimate of drug-likeness (QED) is 0.919. The molecule has 0 radical (unpaired) electrons. The Kier molecular flexibility index (Phi) is 4.29. The highest BCUT2D eigenvalue weighted by Crippen LogP contribution is 2.27. The van der Waals surface area contributed by atoms with Crippen molar-refractivity contribution < 1.29 is 0 Å². The number of aromatic nitrogens is 2. The highest BCUT2D eigenvalue weighted by molar-refractivity contribution is 5.44. The summed E-state index contributed by atoms with van der Waals surface area (Å²) in [6.07, 6.45) is 2.04. The molecule has 0 atom stereocenters. The Balaban J connectivity index is 2.29. The molecule has 0 fully saturated rings. The predicted molar refractivity (Wildman–Crippen MR) is 84.2 cm³/mol. The molecular formula is C17H25N3. The van der Waals surface area contributed by atoms with Gasteiger partial charge >= 0.3 is 0 Å². The standard InChI is InChI=1S/C17H25N3/c1-13(2)18-12-14-10-11-20(19-14)16-9-7-6-8-15(16)17(3,4)5/h6-11,13,18H,12H2,1-5H3. The lowest BCUT2D eigenvalue weighted by molar-refractivity contribution is 0.572. The van der Waals surface area contributed by atoms with Crippen LogP contribution < -0.4 is 5.32 Å². The highest BCUT2D eigenvalue weighted by atomic mass is 15.3. The maximum atomic E-state index is 4.68. The molecule has 3 nitrogen and oxygen atoms in total. The van der Waals surface area contributed by atoms with Gasteiger partial charge in [-0.3, -0.25) is 0 Å². The van der Waals surface area contributed by atoms with Crippen LogP contribution in [0.1, 0.15) is 45.9 Å². The zero-order valence-corrected chi connectivity index (χ0v) is 13.1. The van der Waals surface area contributed by atoms with Crippen LogP contribution in [-0.2, 0) is 12.0 Å². The van der Waals surface area contributed by atoms with Gasteiger partial charge in [0.25, 0.3) is 0 Å². The minimum atomic E-state index is 0.110. The molecule has 0 saturated carbocycles. The van der Waals surface area contributed by atoms with Crippen molar-refractivity contribution in [3.63, 3.8) is 0 Å². The smallest absolute Gasteiger partial charge is 0.0766 e. The number of hydrogen-bond acceptors (Lipinski definition) is 2. The van der Waals surface area contributed by atoms with Gasteiger partial charge in [0, 0.05) is 18.8 Å². The van der Waals surface area contributed by atoms with Crippen LogP contribution in [0, 0.1) is 0 Å². The normalized spacial score (nSPS) is 12.1. The lowest BCUT2D eigenvalue weighted by Crippen LogP contribution is -2.22. The van der Waals surface area contributed by atoms with E-state index >= 15 is 0 Å². The monoisotopic (exact) mass is 271 g/mol. The number of benzene rings is 1. The summed E-state index contributed by atoms with van der Waals surface area (Å²) in [5.41, 5.74) is 3.66. The molecule has 0 saturated heterocycles. The summed E-state index contributed by atoms with van der Waals surface area (Å²) in [7, 11) is 0. The van der Waals surface area contributed by atoms with E-state index in [9.17, 15) is 0 Å². The van der Waals surface area contributed by atoms with Crippen LogP contribution in [-0.4, -0.2) is 15.8 Å². The van der Waals surface area contributed by atoms with E-state index in [1.165, 1.54) is 5.56 Å². The average Bonchev–Trinajstić information content (AvgIpc) is 2.84. The molecule has 0 spiro atoms. The van der Waals surface area contributed by atoms with Crippen molar-refractivity contribution >= 4 is 0 Å². The lowest BCUT2D eigenvalue weighted by atomic mass is 9.86. The van der Waals surface area contributed by atoms with Crippen LogP contribution in [0.5, 0.6) is 0 Å². The van der Waals surface area contributed by atoms with Crippen LogP contribution in [0.4, 0.5) is 0 Å². The van der Waals surface area contributed by atoms with E-state index in [-0.39, 0.29) is 5.41 Å². The number of nitrogens with zero attached hydrogens (tertiary/aromatic N) is 2. The molecule has 1 aromatic heterocycles. The summed E-state index contributed by atoms with van der Waals surface area (Å²) in [5, 5.41) is 8.08. The molecule has 0 bridgehead atoms. The Hall–Kier alpha value is -1.61. The summed E-state index contributed by atoms with van der Waals surface area (Å²) in [6, 6.07) is 11.0. The van der Waals surface area contributed by atoms with Gasteiger partial charge in [-0.05, 0) is 23.1 Å². The van der Waals surface area contributed by atoms with Crippen molar-refractivity contribution in [2.75, 3.05) is 0 Å². The lowest BCUT2D eigenvalue weighted by Gasteiger charge is -2.22. The van der Waals surface area contributed by atoms with Crippen molar-refractivity contribution in [1.29, 1.82) is 0 Å². The number of para-hydroxylation sites is 1. The largest absolute Gasteiger partial charge is 0.309 e. The molecule has 1 heterocycles. The van der Waals surface area contributed by atoms with Crippen molar-refractivity contribution in [1.82, 2.24) is 15.1 Å². The molecule has 20 heavy (non-hydrogen) atoms. The maximum absolute atomic E-state index is 4.68. The van der Waals surface area contributed by atoms with E-state index in [1.54, 1.807) is 0 Å². The van der Waals surface area contributed by atoms with Gasteiger partial charge in [0.1, 0.15) is 0 Å². The molecule has 0 unspecified atom stereocenters. The van der Waals surface area contributed by atoms with E-state index in [0.717, 1.165) is 17.9 Å². The third kappa shape index (κ3) is 3.48. The van der Waals surface area contributed by atoms with E-state index in [0.29, 0.717) is 6.04 Å². The Bertz CT molecular complexity index is 562. The zero-order valence-electron chi connectivity index (χ0n) is 13.1. The highest BCUT2D eigenvalue weighted by Gasteiger charge is 2.18. The molecule has 0 aliphatic carbocycles. The van der Waals surface area contributed by atoms with Crippen molar-refractivity contribution in [3.8, 4) is 5.69 Å². The van der Waals surface area contributed by atoms with Crippen LogP contribution in [0.2, 0.25) is 0 Å². The summed E-state index contributed by atoms with van der Waals surface area (Å²) in [4.78, 5) is 0. The third-order valence-corrected chi connectivity index (χ3v) is 3.29. The SMILES string of the molecule is CC(C)NCc1ccn(-c2ccccc2C(C)(C)C)n1. The number of rotatable bonds is 4. The predicted octanol–water partition coefficient (Wildman–Crippen LogP) is 3.67. The van der Waals surface area contributed by atoms with Crippen LogP contribution in [0.25, 0.3) is 5.69 Å². The second kappa shape index (κ2) is 5.80. The van der Waals surface area contributed by atoms with Crippen molar-refractivity contribution in [2.45, 2.75) is 52.6 Å². The number of hydrogen-bond donors (Lipinski definition) is 1. The second-order valence-electron chi connectivity index (χ2n) is 6.55. The first-order valence-electron chi connectivity index (χ1n) is 7.26. The molecule has 1 N–H and O–H groups in total. The fourth-order valence-corrected chi connectivity index (χ4v) is 2.21. The van der Waals surface area contributed by atoms with Crippen LogP contribution in [0.15, 0.2) is 36.5 Å². The molecule has 2 rings (SSSR count). The van der Waals surface area contributed by atoms with E-state index in [1.807, 2.05) is 10.9 Å². The Labute approximate surface area is 122 Å². The van der Waals surface area contributed by atoms with E-state index in [2.05, 4.69) is 75.4 Å². The van der Waals surface area contributed by atoms with Crippen LogP contribution in [0.3, 0.4) is 0 Å². The first kappa shape index (κ1) is 14.8. The molecule has 0 amide bonds. The van der Waals surface area contributed by atoms with E-state index < -0.39 is 0 Å². The molecule has 0 aliphatic rings. The minimum absolute atomic E-state index is 0.110. The fraction of sp³-hybridized carbons (Fsp3) is 0.471. The fourth-order valence-electron chi connectivity index (χ4n) is 2.21. The van der Waals surface area contributed by atoms with Gasteiger partial charge < -0.3 is 5.32 Å². The zero-order chi connectivity index (χ0) is 14.8. The minimum Gasteiger partial charge on any atom is -0.309 e. The molecule has 3 heteroatoms. The molecule has 1 aromatic carbocycles. The van der Waals surface area contributed by atoms with Gasteiger partial charge in [-0.1, -0.05) is 52.8 Å². The topological polar surface area (TPSA) is 29.9 Å². The maximum Gasteiger partial charge on any atom is 0.0766 e. The van der Waals surface area contributed by atoms with Gasteiger partial charge in [0.05, 0.1) is 11.4 Å². The summed E-state index contributed by atoms with van der Waals surface area (Å²) < 4.78 is 1.98. The van der Waals surface area contributed by atoms with Gasteiger partial charge in [-0.15, -0.1) is 0 Å². The molecular weight excluding hydrogens is 246 g/mol. The first-order chi connectivity index (χ1) is 9.38. The number of nitrogens with one attached hydrogen (secondary N) is 1. The molecule has 2 aromatic rings. The Morgan fingerprint density at radius 2 is 1.85 bits per heavy atom. The summed E-state index contributed by atoms with van der Waals surface area (Å²) in [5.74, 6) is 0. The first-order valence-corrected chi connectivity index (χ1v) is 7.26. The average molecular weight is 271 g/mol. The van der Waals surface area contributed by atoms with Gasteiger partial charge in [-0.2, -0.15) is 5.10 Å². The van der Waals surface area contributed by atoms with Gasteiger partial charge in [0.15, 0.2) is 0 Å². The van der Waals surface area contributed by atoms with E-state index in [4.69, 9.17) is 0 Å².